The Morgan fingerprint density at radius 2 is 1.19 bits per heavy atom. The molecule has 1 unspecified atom stereocenters. The highest BCUT2D eigenvalue weighted by atomic mass is 16.4. The van der Waals surface area contributed by atoms with E-state index in [4.69, 9.17) is 24.2 Å². The lowest BCUT2D eigenvalue weighted by Crippen LogP contribution is -2.44. The zero-order valence-electron chi connectivity index (χ0n) is 38.1. The summed E-state index contributed by atoms with van der Waals surface area (Å²) in [6.07, 6.45) is 10.1. The zero-order valence-corrected chi connectivity index (χ0v) is 38.1. The standard InChI is InChI=1S/C19H23N3O3.C18H18N4O.C15H15N3O/c1-13-17(19(24)22-12-6-10-15(22)18(20)23)21-16(25-13)11-5-9-14-7-3-2-4-8-14;19-12-15-9-5-11-22(15)18-16(13-20)21-17(23-18)10-4-8-14-6-2-1-3-7-14;1-11-15(18-9-5-8-13(18)10-16)19-14(17-11)12-6-3-2-4-7-12/h2-4,7-8,15H,5-6,9-12H2,1H3,(H2,20,23);1-3,6-7,15H,4-5,8-11H2;2-4,6-7,13H,5,8-9H2,1H3/t;15-;13-/m.00/s1. The third-order valence-corrected chi connectivity index (χ3v) is 12.2. The van der Waals surface area contributed by atoms with Crippen LogP contribution in [0.25, 0.3) is 11.5 Å². The van der Waals surface area contributed by atoms with Crippen molar-refractivity contribution in [1.29, 1.82) is 15.8 Å². The van der Waals surface area contributed by atoms with E-state index in [1.807, 2.05) is 83.5 Å². The Bertz CT molecular complexity index is 2690. The molecule has 15 nitrogen and oxygen atoms in total. The summed E-state index contributed by atoms with van der Waals surface area (Å²) in [4.78, 5) is 42.7. The van der Waals surface area contributed by atoms with Crippen LogP contribution in [0.2, 0.25) is 0 Å². The maximum atomic E-state index is 12.7. The van der Waals surface area contributed by atoms with Gasteiger partial charge in [0, 0.05) is 38.0 Å². The van der Waals surface area contributed by atoms with Crippen LogP contribution < -0.4 is 15.5 Å². The summed E-state index contributed by atoms with van der Waals surface area (Å²) in [5.74, 6) is 2.73. The van der Waals surface area contributed by atoms with Crippen molar-refractivity contribution in [3.8, 4) is 29.7 Å². The molecular formula is C52H56N10O5. The smallest absolute Gasteiger partial charge is 0.276 e. The first-order valence-electron chi connectivity index (χ1n) is 23.1. The average Bonchev–Trinajstić information content (AvgIpc) is 4.23. The van der Waals surface area contributed by atoms with Crippen molar-refractivity contribution in [2.45, 2.75) is 109 Å². The molecule has 3 saturated heterocycles. The number of hydrogen-bond donors (Lipinski definition) is 1. The number of anilines is 2. The molecule has 6 aromatic rings. The lowest BCUT2D eigenvalue weighted by molar-refractivity contribution is -0.121. The number of nitrogens with zero attached hydrogens (tertiary/aromatic N) is 9. The maximum absolute atomic E-state index is 12.7. The van der Waals surface area contributed by atoms with Gasteiger partial charge in [-0.3, -0.25) is 9.59 Å². The number of oxazole rings is 3. The molecule has 6 heterocycles. The molecular weight excluding hydrogens is 845 g/mol. The molecule has 0 saturated carbocycles. The molecule has 344 valence electrons. The summed E-state index contributed by atoms with van der Waals surface area (Å²) >= 11 is 0. The van der Waals surface area contributed by atoms with Crippen LogP contribution in [0.4, 0.5) is 11.8 Å². The number of aromatic nitrogens is 3. The van der Waals surface area contributed by atoms with Gasteiger partial charge < -0.3 is 33.7 Å². The molecule has 0 radical (unpaired) electrons. The number of benzene rings is 3. The van der Waals surface area contributed by atoms with Gasteiger partial charge in [-0.05, 0) is 101 Å². The van der Waals surface area contributed by atoms with E-state index in [-0.39, 0.29) is 18.0 Å². The van der Waals surface area contributed by atoms with Crippen molar-refractivity contribution < 1.29 is 22.8 Å². The number of amides is 2. The number of likely N-dealkylation sites (tertiary alicyclic amines) is 1. The van der Waals surface area contributed by atoms with Gasteiger partial charge in [0.15, 0.2) is 17.5 Å². The minimum Gasteiger partial charge on any atom is -0.445 e. The van der Waals surface area contributed by atoms with Crippen LogP contribution in [0.5, 0.6) is 0 Å². The fourth-order valence-corrected chi connectivity index (χ4v) is 8.75. The Morgan fingerprint density at radius 3 is 1.75 bits per heavy atom. The third-order valence-electron chi connectivity index (χ3n) is 12.2. The molecule has 3 atom stereocenters. The first-order chi connectivity index (χ1) is 32.7. The molecule has 0 spiro atoms. The second kappa shape index (κ2) is 23.0. The van der Waals surface area contributed by atoms with Crippen LogP contribution in [-0.4, -0.2) is 69.4 Å². The van der Waals surface area contributed by atoms with Gasteiger partial charge in [-0.25, -0.2) is 15.0 Å². The SMILES string of the molecule is Cc1nc(-c2ccccc2)oc1N1CCC[C@H]1C#N.Cc1oc(CCCc2ccccc2)nc1C(=O)N1CCCC1C(N)=O.N#Cc1nc(CCCc2ccccc2)oc1N1CCC[C@H]1C#N. The van der Waals surface area contributed by atoms with Crippen LogP contribution in [0.15, 0.2) is 104 Å². The minimum atomic E-state index is -0.537. The lowest BCUT2D eigenvalue weighted by Gasteiger charge is -2.21. The highest BCUT2D eigenvalue weighted by Crippen LogP contribution is 2.33. The molecule has 67 heavy (non-hydrogen) atoms. The average molecular weight is 901 g/mol. The number of carbonyl (C=O) groups excluding carboxylic acids is 2. The first kappa shape index (κ1) is 47.3. The van der Waals surface area contributed by atoms with E-state index in [1.54, 1.807) is 6.92 Å². The second-order valence-electron chi connectivity index (χ2n) is 16.9. The number of hydrogen-bond acceptors (Lipinski definition) is 13. The van der Waals surface area contributed by atoms with E-state index in [1.165, 1.54) is 16.0 Å². The first-order valence-corrected chi connectivity index (χ1v) is 23.1. The van der Waals surface area contributed by atoms with Crippen molar-refractivity contribution in [2.75, 3.05) is 29.4 Å². The van der Waals surface area contributed by atoms with Crippen LogP contribution in [0.1, 0.15) is 102 Å². The molecule has 3 aromatic carbocycles. The third kappa shape index (κ3) is 12.0. The van der Waals surface area contributed by atoms with E-state index >= 15 is 0 Å². The van der Waals surface area contributed by atoms with Crippen molar-refractivity contribution in [3.63, 3.8) is 0 Å². The summed E-state index contributed by atoms with van der Waals surface area (Å²) in [5.41, 5.74) is 10.3. The van der Waals surface area contributed by atoms with Gasteiger partial charge >= 0.3 is 0 Å². The minimum absolute atomic E-state index is 0.0877. The molecule has 3 aliphatic heterocycles. The largest absolute Gasteiger partial charge is 0.445 e. The van der Waals surface area contributed by atoms with E-state index in [2.05, 4.69) is 57.4 Å². The Balaban J connectivity index is 0.000000150. The molecule has 0 aliphatic carbocycles. The maximum Gasteiger partial charge on any atom is 0.276 e. The van der Waals surface area contributed by atoms with Gasteiger partial charge in [-0.1, -0.05) is 78.9 Å². The number of nitriles is 3. The van der Waals surface area contributed by atoms with E-state index in [0.29, 0.717) is 66.5 Å². The normalized spacial score (nSPS) is 17.4. The fraction of sp³-hybridized carbons (Fsp3) is 0.385. The molecule has 2 amide bonds. The van der Waals surface area contributed by atoms with Crippen LogP contribution in [0, 0.1) is 47.8 Å². The molecule has 0 bridgehead atoms. The van der Waals surface area contributed by atoms with Crippen molar-refractivity contribution in [2.24, 2.45) is 5.73 Å². The molecule has 2 N–H and O–H groups in total. The number of rotatable bonds is 13. The van der Waals surface area contributed by atoms with Gasteiger partial charge in [-0.15, -0.1) is 0 Å². The van der Waals surface area contributed by atoms with Crippen LogP contribution in [0.3, 0.4) is 0 Å². The topological polar surface area (TPSA) is 219 Å². The van der Waals surface area contributed by atoms with Gasteiger partial charge in [0.05, 0.1) is 12.1 Å². The summed E-state index contributed by atoms with van der Waals surface area (Å²) in [6.45, 7) is 5.80. The predicted octanol–water partition coefficient (Wildman–Crippen LogP) is 8.60. The molecule has 9 rings (SSSR count). The fourth-order valence-electron chi connectivity index (χ4n) is 8.75. The van der Waals surface area contributed by atoms with Crippen molar-refractivity contribution >= 4 is 23.6 Å². The predicted molar refractivity (Wildman–Crippen MR) is 251 cm³/mol. The van der Waals surface area contributed by atoms with E-state index in [9.17, 15) is 20.1 Å². The summed E-state index contributed by atoms with van der Waals surface area (Å²) in [7, 11) is 0. The van der Waals surface area contributed by atoms with E-state index in [0.717, 1.165) is 88.0 Å². The van der Waals surface area contributed by atoms with Crippen LogP contribution >= 0.6 is 0 Å². The van der Waals surface area contributed by atoms with Crippen molar-refractivity contribution in [3.05, 3.63) is 137 Å². The highest BCUT2D eigenvalue weighted by Gasteiger charge is 2.36. The van der Waals surface area contributed by atoms with Gasteiger partial charge in [0.25, 0.3) is 5.91 Å². The van der Waals surface area contributed by atoms with E-state index < -0.39 is 11.9 Å². The number of nitrogens with two attached hydrogens (primary N) is 1. The quantitative estimate of drug-likeness (QED) is 0.115. The summed E-state index contributed by atoms with van der Waals surface area (Å²) < 4.78 is 17.3. The second-order valence-corrected chi connectivity index (χ2v) is 16.9. The Labute approximate surface area is 391 Å². The van der Waals surface area contributed by atoms with Gasteiger partial charge in [0.1, 0.15) is 35.6 Å². The number of carbonyl (C=O) groups is 2. The Kier molecular flexibility index (Phi) is 16.2. The van der Waals surface area contributed by atoms with Crippen LogP contribution in [-0.2, 0) is 30.5 Å². The van der Waals surface area contributed by atoms with Gasteiger partial charge in [-0.2, -0.15) is 15.8 Å². The highest BCUT2D eigenvalue weighted by molar-refractivity contribution is 5.97. The Hall–Kier alpha value is -7.70. The number of primary amides is 1. The summed E-state index contributed by atoms with van der Waals surface area (Å²) in [5, 5.41) is 27.6. The molecule has 3 fully saturated rings. The van der Waals surface area contributed by atoms with Gasteiger partial charge in [0.2, 0.25) is 29.3 Å². The monoisotopic (exact) mass is 900 g/mol. The molecule has 3 aromatic heterocycles. The Morgan fingerprint density at radius 1 is 0.657 bits per heavy atom. The molecule has 3 aliphatic rings. The zero-order chi connectivity index (χ0) is 47.1. The number of aryl methyl sites for hydroxylation is 6. The summed E-state index contributed by atoms with van der Waals surface area (Å²) in [6, 6.07) is 36.2. The lowest BCUT2D eigenvalue weighted by atomic mass is 10.1. The molecule has 15 heteroatoms. The van der Waals surface area contributed by atoms with Crippen molar-refractivity contribution in [1.82, 2.24) is 19.9 Å².